The number of halogens is 1. The molecule has 5 heteroatoms. The summed E-state index contributed by atoms with van der Waals surface area (Å²) in [5.41, 5.74) is 1.35. The zero-order valence-electron chi connectivity index (χ0n) is 13.0. The number of hydrogen-bond donors (Lipinski definition) is 1. The van der Waals surface area contributed by atoms with Crippen molar-refractivity contribution >= 4 is 27.9 Å². The van der Waals surface area contributed by atoms with E-state index in [1.165, 1.54) is 6.08 Å². The number of amides is 1. The number of nitrogens with zero attached hydrogens (tertiary/aromatic N) is 2. The number of nitrogens with one attached hydrogen (secondary N) is 1. The fourth-order valence-corrected chi connectivity index (χ4v) is 3.22. The Hall–Kier alpha value is -2.45. The van der Waals surface area contributed by atoms with Crippen LogP contribution in [-0.4, -0.2) is 10.9 Å². The number of pyridine rings is 1. The Kier molecular flexibility index (Phi) is 4.77. The number of carbonyl (C=O) groups excluding carboxylic acids is 1. The average molecular weight is 382 g/mol. The normalized spacial score (nSPS) is 15.9. The molecule has 0 radical (unpaired) electrons. The predicted octanol–water partition coefficient (Wildman–Crippen LogP) is 3.95. The fraction of sp³-hybridized carbons (Fsp3) is 0.211. The lowest BCUT2D eigenvalue weighted by molar-refractivity contribution is -0.120. The van der Waals surface area contributed by atoms with Gasteiger partial charge in [0.2, 0.25) is 0 Å². The first-order valence-corrected chi connectivity index (χ1v) is 8.55. The van der Waals surface area contributed by atoms with Gasteiger partial charge in [-0.15, -0.1) is 0 Å². The van der Waals surface area contributed by atoms with Crippen molar-refractivity contribution in [1.82, 2.24) is 10.3 Å². The zero-order valence-corrected chi connectivity index (χ0v) is 14.6. The Morgan fingerprint density at radius 3 is 2.54 bits per heavy atom. The first-order valence-electron chi connectivity index (χ1n) is 7.75. The Bertz CT molecular complexity index is 820. The van der Waals surface area contributed by atoms with E-state index in [9.17, 15) is 10.1 Å². The first-order chi connectivity index (χ1) is 11.6. The molecule has 0 bridgehead atoms. The first kappa shape index (κ1) is 16.4. The van der Waals surface area contributed by atoms with Gasteiger partial charge in [-0.25, -0.2) is 4.98 Å². The van der Waals surface area contributed by atoms with Gasteiger partial charge in [-0.05, 0) is 59.0 Å². The van der Waals surface area contributed by atoms with E-state index < -0.39 is 0 Å². The Morgan fingerprint density at radius 2 is 1.96 bits per heavy atom. The minimum Gasteiger partial charge on any atom is -0.342 e. The van der Waals surface area contributed by atoms with Crippen LogP contribution in [0.25, 0.3) is 6.08 Å². The quantitative estimate of drug-likeness (QED) is 0.495. The third kappa shape index (κ3) is 3.39. The van der Waals surface area contributed by atoms with Crippen molar-refractivity contribution in [3.63, 3.8) is 0 Å². The van der Waals surface area contributed by atoms with Crippen LogP contribution in [0.5, 0.6) is 0 Å². The minimum atomic E-state index is -0.362. The van der Waals surface area contributed by atoms with Crippen molar-refractivity contribution in [2.75, 3.05) is 0 Å². The van der Waals surface area contributed by atoms with Crippen LogP contribution in [0.1, 0.15) is 30.5 Å². The van der Waals surface area contributed by atoms with Crippen LogP contribution >= 0.6 is 15.9 Å². The van der Waals surface area contributed by atoms with Gasteiger partial charge in [0.05, 0.1) is 11.2 Å². The molecule has 24 heavy (non-hydrogen) atoms. The maximum absolute atomic E-state index is 12.6. The summed E-state index contributed by atoms with van der Waals surface area (Å²) in [6.45, 7) is 0. The molecule has 1 saturated carbocycles. The molecule has 1 amide bonds. The molecule has 1 aliphatic carbocycles. The van der Waals surface area contributed by atoms with Crippen LogP contribution < -0.4 is 5.32 Å². The molecule has 1 N–H and O–H groups in total. The SMILES string of the molecule is N#C/C(=C\c1cccc(Br)n1)C(=O)NC1(c2ccccc2)CCC1. The van der Waals surface area contributed by atoms with Crippen molar-refractivity contribution in [1.29, 1.82) is 5.26 Å². The highest BCUT2D eigenvalue weighted by molar-refractivity contribution is 9.10. The largest absolute Gasteiger partial charge is 0.342 e. The number of hydrogen-bond acceptors (Lipinski definition) is 3. The van der Waals surface area contributed by atoms with E-state index >= 15 is 0 Å². The lowest BCUT2D eigenvalue weighted by atomic mass is 9.71. The zero-order chi connectivity index (χ0) is 17.0. The molecule has 0 atom stereocenters. The van der Waals surface area contributed by atoms with E-state index in [-0.39, 0.29) is 17.0 Å². The minimum absolute atomic E-state index is 0.0582. The average Bonchev–Trinajstić information content (AvgIpc) is 2.56. The van der Waals surface area contributed by atoms with Gasteiger partial charge in [0.1, 0.15) is 16.2 Å². The van der Waals surface area contributed by atoms with Gasteiger partial charge in [0, 0.05) is 0 Å². The monoisotopic (exact) mass is 381 g/mol. The number of aromatic nitrogens is 1. The van der Waals surface area contributed by atoms with E-state index in [4.69, 9.17) is 0 Å². The van der Waals surface area contributed by atoms with Crippen LogP contribution in [0.4, 0.5) is 0 Å². The maximum Gasteiger partial charge on any atom is 0.262 e. The van der Waals surface area contributed by atoms with Gasteiger partial charge in [-0.1, -0.05) is 36.4 Å². The number of benzene rings is 1. The van der Waals surface area contributed by atoms with Crippen molar-refractivity contribution in [3.05, 3.63) is 70.0 Å². The molecule has 1 fully saturated rings. The molecule has 0 spiro atoms. The highest BCUT2D eigenvalue weighted by atomic mass is 79.9. The number of rotatable bonds is 4. The van der Waals surface area contributed by atoms with Crippen LogP contribution in [0.2, 0.25) is 0 Å². The van der Waals surface area contributed by atoms with E-state index in [1.54, 1.807) is 12.1 Å². The molecule has 0 unspecified atom stereocenters. The topological polar surface area (TPSA) is 65.8 Å². The molecule has 1 aromatic carbocycles. The van der Waals surface area contributed by atoms with E-state index in [0.29, 0.717) is 10.3 Å². The highest BCUT2D eigenvalue weighted by Gasteiger charge is 2.40. The lowest BCUT2D eigenvalue weighted by Crippen LogP contribution is -2.51. The third-order valence-corrected chi connectivity index (χ3v) is 4.72. The second-order valence-electron chi connectivity index (χ2n) is 5.81. The summed E-state index contributed by atoms with van der Waals surface area (Å²) < 4.78 is 0.661. The van der Waals surface area contributed by atoms with Gasteiger partial charge < -0.3 is 5.32 Å². The molecule has 1 heterocycles. The second kappa shape index (κ2) is 6.98. The Balaban J connectivity index is 1.84. The standard InChI is InChI=1S/C19H16BrN3O/c20-17-9-4-8-16(22-17)12-14(13-21)18(24)23-19(10-5-11-19)15-6-2-1-3-7-15/h1-4,6-9,12H,5,10-11H2,(H,23,24)/b14-12+. The lowest BCUT2D eigenvalue weighted by Gasteiger charge is -2.43. The molecule has 3 rings (SSSR count). The number of nitriles is 1. The van der Waals surface area contributed by atoms with Crippen molar-refractivity contribution in [2.45, 2.75) is 24.8 Å². The smallest absolute Gasteiger partial charge is 0.262 e. The van der Waals surface area contributed by atoms with Gasteiger partial charge >= 0.3 is 0 Å². The van der Waals surface area contributed by atoms with E-state index in [2.05, 4.69) is 26.2 Å². The summed E-state index contributed by atoms with van der Waals surface area (Å²) in [7, 11) is 0. The van der Waals surface area contributed by atoms with Crippen LogP contribution in [0, 0.1) is 11.3 Å². The van der Waals surface area contributed by atoms with Crippen molar-refractivity contribution in [3.8, 4) is 6.07 Å². The van der Waals surface area contributed by atoms with Crippen LogP contribution in [0.15, 0.2) is 58.7 Å². The molecule has 4 nitrogen and oxygen atoms in total. The summed E-state index contributed by atoms with van der Waals surface area (Å²) in [5.74, 6) is -0.358. The molecular weight excluding hydrogens is 366 g/mol. The fourth-order valence-electron chi connectivity index (χ4n) is 2.86. The molecule has 120 valence electrons. The van der Waals surface area contributed by atoms with E-state index in [0.717, 1.165) is 24.8 Å². The summed E-state index contributed by atoms with van der Waals surface area (Å²) in [4.78, 5) is 16.8. The molecule has 1 aliphatic rings. The number of carbonyl (C=O) groups is 1. The second-order valence-corrected chi connectivity index (χ2v) is 6.62. The maximum atomic E-state index is 12.6. The molecule has 1 aromatic heterocycles. The summed E-state index contributed by atoms with van der Waals surface area (Å²) in [5, 5.41) is 12.4. The Morgan fingerprint density at radius 1 is 1.21 bits per heavy atom. The predicted molar refractivity (Wildman–Crippen MR) is 95.6 cm³/mol. The van der Waals surface area contributed by atoms with Gasteiger partial charge in [-0.2, -0.15) is 5.26 Å². The highest BCUT2D eigenvalue weighted by Crippen LogP contribution is 2.41. The van der Waals surface area contributed by atoms with Crippen LogP contribution in [0.3, 0.4) is 0 Å². The van der Waals surface area contributed by atoms with E-state index in [1.807, 2.05) is 42.5 Å². The summed E-state index contributed by atoms with van der Waals surface area (Å²) >= 11 is 3.29. The van der Waals surface area contributed by atoms with Gasteiger partial charge in [-0.3, -0.25) is 4.79 Å². The molecule has 0 saturated heterocycles. The van der Waals surface area contributed by atoms with Gasteiger partial charge in [0.25, 0.3) is 5.91 Å². The summed E-state index contributed by atoms with van der Waals surface area (Å²) in [6.07, 6.45) is 4.35. The third-order valence-electron chi connectivity index (χ3n) is 4.28. The van der Waals surface area contributed by atoms with Crippen molar-refractivity contribution in [2.24, 2.45) is 0 Å². The Labute approximate surface area is 149 Å². The van der Waals surface area contributed by atoms with Crippen LogP contribution in [-0.2, 0) is 10.3 Å². The summed E-state index contributed by atoms with van der Waals surface area (Å²) in [6, 6.07) is 17.3. The molecular formula is C19H16BrN3O. The van der Waals surface area contributed by atoms with Crippen molar-refractivity contribution < 1.29 is 4.79 Å². The molecule has 0 aliphatic heterocycles. The van der Waals surface area contributed by atoms with Gasteiger partial charge in [0.15, 0.2) is 0 Å². The molecule has 2 aromatic rings.